The number of hydrogen-bond acceptors (Lipinski definition) is 5. The van der Waals surface area contributed by atoms with Gasteiger partial charge in [0.25, 0.3) is 0 Å². The van der Waals surface area contributed by atoms with Crippen LogP contribution in [0.5, 0.6) is 0 Å². The van der Waals surface area contributed by atoms with E-state index in [0.717, 1.165) is 18.7 Å². The van der Waals surface area contributed by atoms with Crippen molar-refractivity contribution >= 4 is 22.8 Å². The number of rotatable bonds is 6. The van der Waals surface area contributed by atoms with Gasteiger partial charge in [0.05, 0.1) is 5.39 Å². The topological polar surface area (TPSA) is 87.5 Å². The summed E-state index contributed by atoms with van der Waals surface area (Å²) in [6, 6.07) is 1.71. The third-order valence-corrected chi connectivity index (χ3v) is 3.66. The molecule has 2 N–H and O–H groups in total. The molecule has 0 spiro atoms. The largest absolute Gasteiger partial charge is 0.477 e. The van der Waals surface area contributed by atoms with Crippen LogP contribution in [0.2, 0.25) is 0 Å². The standard InChI is InChI=1S/C16H22N4O3/c1-5-20-9-12(16(22)23)13(21)11-8-10(2)14(18-15(11)20)17-6-7-19(3)4/h8-9H,5-7H2,1-4H3,(H,17,18)(H,22,23). The van der Waals surface area contributed by atoms with Gasteiger partial charge >= 0.3 is 5.97 Å². The number of carbonyl (C=O) groups is 1. The summed E-state index contributed by atoms with van der Waals surface area (Å²) in [5.74, 6) is -0.506. The Bertz CT molecular complexity index is 796. The minimum Gasteiger partial charge on any atom is -0.477 e. The molecule has 0 bridgehead atoms. The molecule has 0 amide bonds. The molecular weight excluding hydrogens is 296 g/mol. The molecule has 0 aliphatic carbocycles. The van der Waals surface area contributed by atoms with Crippen molar-refractivity contribution in [1.82, 2.24) is 14.5 Å². The molecule has 0 fully saturated rings. The number of nitrogens with one attached hydrogen (secondary N) is 1. The van der Waals surface area contributed by atoms with Gasteiger partial charge in [-0.3, -0.25) is 4.79 Å². The summed E-state index contributed by atoms with van der Waals surface area (Å²) in [5.41, 5.74) is 0.598. The third-order valence-electron chi connectivity index (χ3n) is 3.66. The number of aromatic carboxylic acids is 1. The van der Waals surface area contributed by atoms with Crippen molar-refractivity contribution in [2.45, 2.75) is 20.4 Å². The van der Waals surface area contributed by atoms with E-state index in [1.54, 1.807) is 10.6 Å². The molecule has 0 atom stereocenters. The number of aryl methyl sites for hydroxylation is 2. The SMILES string of the molecule is CCn1cc(C(=O)O)c(=O)c2cc(C)c(NCCN(C)C)nc21. The summed E-state index contributed by atoms with van der Waals surface area (Å²) >= 11 is 0. The van der Waals surface area contributed by atoms with Crippen molar-refractivity contribution in [2.75, 3.05) is 32.5 Å². The first-order valence-electron chi connectivity index (χ1n) is 7.51. The summed E-state index contributed by atoms with van der Waals surface area (Å²) in [6.45, 7) is 5.86. The summed E-state index contributed by atoms with van der Waals surface area (Å²) < 4.78 is 1.69. The maximum Gasteiger partial charge on any atom is 0.341 e. The van der Waals surface area contributed by atoms with Crippen LogP contribution in [0.25, 0.3) is 11.0 Å². The number of hydrogen-bond donors (Lipinski definition) is 2. The highest BCUT2D eigenvalue weighted by Gasteiger charge is 2.16. The van der Waals surface area contributed by atoms with Gasteiger partial charge in [-0.25, -0.2) is 9.78 Å². The molecule has 2 heterocycles. The first kappa shape index (κ1) is 17.0. The molecule has 0 radical (unpaired) electrons. The minimum atomic E-state index is -1.22. The Morgan fingerprint density at radius 2 is 2.13 bits per heavy atom. The van der Waals surface area contributed by atoms with Crippen molar-refractivity contribution in [1.29, 1.82) is 0 Å². The van der Waals surface area contributed by atoms with Crippen molar-refractivity contribution in [2.24, 2.45) is 0 Å². The third kappa shape index (κ3) is 3.50. The Morgan fingerprint density at radius 1 is 1.43 bits per heavy atom. The second-order valence-electron chi connectivity index (χ2n) is 5.72. The van der Waals surface area contributed by atoms with Crippen LogP contribution in [-0.4, -0.2) is 52.7 Å². The van der Waals surface area contributed by atoms with Gasteiger partial charge in [-0.15, -0.1) is 0 Å². The number of carboxylic acids is 1. The van der Waals surface area contributed by atoms with E-state index < -0.39 is 11.4 Å². The maximum absolute atomic E-state index is 12.3. The Labute approximate surface area is 134 Å². The zero-order valence-electron chi connectivity index (χ0n) is 13.9. The Hall–Kier alpha value is -2.41. The lowest BCUT2D eigenvalue weighted by Crippen LogP contribution is -2.22. The summed E-state index contributed by atoms with van der Waals surface area (Å²) in [5, 5.41) is 12.8. The monoisotopic (exact) mass is 318 g/mol. The molecule has 7 nitrogen and oxygen atoms in total. The van der Waals surface area contributed by atoms with Gasteiger partial charge in [-0.1, -0.05) is 0 Å². The molecule has 23 heavy (non-hydrogen) atoms. The number of aromatic nitrogens is 2. The molecule has 0 saturated carbocycles. The highest BCUT2D eigenvalue weighted by molar-refractivity contribution is 5.92. The highest BCUT2D eigenvalue weighted by Crippen LogP contribution is 2.18. The summed E-state index contributed by atoms with van der Waals surface area (Å²) in [4.78, 5) is 30.2. The summed E-state index contributed by atoms with van der Waals surface area (Å²) in [6.07, 6.45) is 1.36. The van der Waals surface area contributed by atoms with Gasteiger partial charge in [-0.05, 0) is 39.6 Å². The highest BCUT2D eigenvalue weighted by atomic mass is 16.4. The molecule has 2 aromatic rings. The van der Waals surface area contributed by atoms with Gasteiger partial charge in [0, 0.05) is 25.8 Å². The zero-order chi connectivity index (χ0) is 17.1. The fourth-order valence-corrected chi connectivity index (χ4v) is 2.38. The Balaban J connectivity index is 2.56. The normalized spacial score (nSPS) is 11.2. The van der Waals surface area contributed by atoms with Crippen molar-refractivity contribution in [3.63, 3.8) is 0 Å². The van der Waals surface area contributed by atoms with E-state index in [1.165, 1.54) is 6.20 Å². The average molecular weight is 318 g/mol. The number of nitrogens with zero attached hydrogens (tertiary/aromatic N) is 3. The lowest BCUT2D eigenvalue weighted by atomic mass is 10.1. The first-order chi connectivity index (χ1) is 10.8. The number of likely N-dealkylation sites (N-methyl/N-ethyl adjacent to an activating group) is 1. The smallest absolute Gasteiger partial charge is 0.341 e. The Morgan fingerprint density at radius 3 is 2.70 bits per heavy atom. The predicted octanol–water partition coefficient (Wildman–Crippen LogP) is 1.40. The number of fused-ring (bicyclic) bond motifs is 1. The van der Waals surface area contributed by atoms with Crippen LogP contribution >= 0.6 is 0 Å². The second-order valence-corrected chi connectivity index (χ2v) is 5.72. The maximum atomic E-state index is 12.3. The first-order valence-corrected chi connectivity index (χ1v) is 7.51. The van der Waals surface area contributed by atoms with E-state index in [4.69, 9.17) is 0 Å². The van der Waals surface area contributed by atoms with Crippen LogP contribution in [0, 0.1) is 6.92 Å². The minimum absolute atomic E-state index is 0.228. The van der Waals surface area contributed by atoms with Gasteiger partial charge in [0.1, 0.15) is 17.0 Å². The lowest BCUT2D eigenvalue weighted by Gasteiger charge is -2.15. The van der Waals surface area contributed by atoms with Crippen LogP contribution in [0.4, 0.5) is 5.82 Å². The van der Waals surface area contributed by atoms with Crippen LogP contribution in [0.15, 0.2) is 17.1 Å². The van der Waals surface area contributed by atoms with Crippen molar-refractivity contribution in [3.8, 4) is 0 Å². The van der Waals surface area contributed by atoms with E-state index in [0.29, 0.717) is 23.4 Å². The van der Waals surface area contributed by atoms with E-state index >= 15 is 0 Å². The van der Waals surface area contributed by atoms with Gasteiger partial charge in [0.2, 0.25) is 5.43 Å². The molecule has 124 valence electrons. The molecule has 2 rings (SSSR count). The Kier molecular flexibility index (Phi) is 5.00. The molecule has 0 unspecified atom stereocenters. The van der Waals surface area contributed by atoms with Crippen molar-refractivity contribution in [3.05, 3.63) is 33.6 Å². The van der Waals surface area contributed by atoms with Crippen LogP contribution in [0.3, 0.4) is 0 Å². The van der Waals surface area contributed by atoms with E-state index in [9.17, 15) is 14.7 Å². The van der Waals surface area contributed by atoms with E-state index in [-0.39, 0.29) is 5.56 Å². The summed E-state index contributed by atoms with van der Waals surface area (Å²) in [7, 11) is 3.98. The predicted molar refractivity (Wildman–Crippen MR) is 90.4 cm³/mol. The average Bonchev–Trinajstić information content (AvgIpc) is 2.48. The number of carboxylic acid groups (broad SMARTS) is 1. The quantitative estimate of drug-likeness (QED) is 0.837. The van der Waals surface area contributed by atoms with Gasteiger partial charge in [0.15, 0.2) is 0 Å². The zero-order valence-corrected chi connectivity index (χ0v) is 13.9. The molecule has 2 aromatic heterocycles. The van der Waals surface area contributed by atoms with E-state index in [1.807, 2.05) is 27.9 Å². The van der Waals surface area contributed by atoms with Crippen LogP contribution < -0.4 is 10.7 Å². The molecule has 0 aliphatic heterocycles. The number of pyridine rings is 2. The fraction of sp³-hybridized carbons (Fsp3) is 0.438. The fourth-order valence-electron chi connectivity index (χ4n) is 2.38. The molecule has 0 saturated heterocycles. The molecule has 0 aromatic carbocycles. The van der Waals surface area contributed by atoms with E-state index in [2.05, 4.69) is 15.2 Å². The molecular formula is C16H22N4O3. The van der Waals surface area contributed by atoms with Crippen molar-refractivity contribution < 1.29 is 9.90 Å². The van der Waals surface area contributed by atoms with Crippen LogP contribution in [0.1, 0.15) is 22.8 Å². The molecule has 0 aliphatic rings. The van der Waals surface area contributed by atoms with Gasteiger partial charge < -0.3 is 19.9 Å². The lowest BCUT2D eigenvalue weighted by molar-refractivity contribution is 0.0695. The molecule has 7 heteroatoms. The second kappa shape index (κ2) is 6.78. The van der Waals surface area contributed by atoms with Gasteiger partial charge in [-0.2, -0.15) is 0 Å². The van der Waals surface area contributed by atoms with Crippen LogP contribution in [-0.2, 0) is 6.54 Å². The number of anilines is 1.